The molecule has 1 aromatic rings. The molecule has 2 fully saturated rings. The first-order chi connectivity index (χ1) is 11.7. The summed E-state index contributed by atoms with van der Waals surface area (Å²) in [5.41, 5.74) is 0.470. The molecule has 1 unspecified atom stereocenters. The fourth-order valence-electron chi connectivity index (χ4n) is 3.98. The van der Waals surface area contributed by atoms with Gasteiger partial charge in [0.25, 0.3) is 0 Å². The van der Waals surface area contributed by atoms with E-state index in [2.05, 4.69) is 4.90 Å². The van der Waals surface area contributed by atoms with Crippen molar-refractivity contribution in [2.45, 2.75) is 43.9 Å². The monoisotopic (exact) mass is 335 g/mol. The van der Waals surface area contributed by atoms with E-state index in [4.69, 9.17) is 14.2 Å². The molecule has 0 radical (unpaired) electrons. The topological polar surface area (TPSA) is 68.2 Å². The number of hydrogen-bond acceptors (Lipinski definition) is 6. The second kappa shape index (κ2) is 7.40. The van der Waals surface area contributed by atoms with Gasteiger partial charge in [-0.15, -0.1) is 0 Å². The van der Waals surface area contributed by atoms with Crippen LogP contribution in [0.3, 0.4) is 0 Å². The van der Waals surface area contributed by atoms with Crippen LogP contribution in [-0.4, -0.2) is 61.5 Å². The quantitative estimate of drug-likeness (QED) is 0.800. The number of nitrogens with zero attached hydrogens (tertiary/aromatic N) is 1. The smallest absolute Gasteiger partial charge is 0.338 e. The third kappa shape index (κ3) is 3.35. The third-order valence-corrected chi connectivity index (χ3v) is 5.09. The number of esters is 1. The molecule has 2 aliphatic heterocycles. The van der Waals surface area contributed by atoms with Gasteiger partial charge < -0.3 is 19.3 Å². The van der Waals surface area contributed by atoms with Crippen LogP contribution >= 0.6 is 0 Å². The maximum Gasteiger partial charge on any atom is 0.338 e. The molecule has 0 aromatic heterocycles. The summed E-state index contributed by atoms with van der Waals surface area (Å²) in [6.45, 7) is 0.898. The fourth-order valence-corrected chi connectivity index (χ4v) is 3.98. The van der Waals surface area contributed by atoms with E-state index in [-0.39, 0.29) is 18.7 Å². The van der Waals surface area contributed by atoms with E-state index >= 15 is 0 Å². The molecule has 0 aliphatic carbocycles. The Bertz CT molecular complexity index is 577. The van der Waals surface area contributed by atoms with Gasteiger partial charge in [0, 0.05) is 31.5 Å². The highest BCUT2D eigenvalue weighted by molar-refractivity contribution is 5.90. The van der Waals surface area contributed by atoms with Gasteiger partial charge in [0.15, 0.2) is 11.5 Å². The number of carbonyl (C=O) groups excluding carboxylic acids is 1. The van der Waals surface area contributed by atoms with Gasteiger partial charge >= 0.3 is 5.97 Å². The molecule has 2 bridgehead atoms. The summed E-state index contributed by atoms with van der Waals surface area (Å²) in [7, 11) is 3.10. The zero-order valence-corrected chi connectivity index (χ0v) is 14.2. The second-order valence-electron chi connectivity index (χ2n) is 6.41. The molecule has 132 valence electrons. The fraction of sp³-hybridized carbons (Fsp3) is 0.611. The van der Waals surface area contributed by atoms with E-state index < -0.39 is 0 Å². The number of aliphatic hydroxyl groups is 1. The van der Waals surface area contributed by atoms with Crippen LogP contribution in [0.2, 0.25) is 0 Å². The van der Waals surface area contributed by atoms with Crippen molar-refractivity contribution in [1.29, 1.82) is 0 Å². The Morgan fingerprint density at radius 3 is 2.42 bits per heavy atom. The van der Waals surface area contributed by atoms with E-state index in [0.717, 1.165) is 25.7 Å². The largest absolute Gasteiger partial charge is 0.493 e. The molecule has 2 saturated heterocycles. The summed E-state index contributed by atoms with van der Waals surface area (Å²) in [5, 5.41) is 9.18. The van der Waals surface area contributed by atoms with Crippen LogP contribution in [-0.2, 0) is 4.74 Å². The number of aliphatic hydroxyl groups excluding tert-OH is 1. The van der Waals surface area contributed by atoms with Crippen molar-refractivity contribution < 1.29 is 24.1 Å². The summed E-state index contributed by atoms with van der Waals surface area (Å²) in [6.07, 6.45) is 3.87. The molecule has 6 nitrogen and oxygen atoms in total. The number of piperidine rings is 1. The van der Waals surface area contributed by atoms with E-state index in [1.165, 1.54) is 0 Å². The predicted octanol–water partition coefficient (Wildman–Crippen LogP) is 1.85. The third-order valence-electron chi connectivity index (χ3n) is 5.09. The molecule has 0 saturated carbocycles. The Kier molecular flexibility index (Phi) is 5.26. The number of fused-ring (bicyclic) bond motifs is 2. The average Bonchev–Trinajstić information content (AvgIpc) is 2.83. The van der Waals surface area contributed by atoms with Crippen LogP contribution in [0.15, 0.2) is 18.2 Å². The second-order valence-corrected chi connectivity index (χ2v) is 6.41. The van der Waals surface area contributed by atoms with Gasteiger partial charge in [-0.1, -0.05) is 0 Å². The van der Waals surface area contributed by atoms with Gasteiger partial charge in [0.2, 0.25) is 0 Å². The molecule has 0 spiro atoms. The molecule has 24 heavy (non-hydrogen) atoms. The minimum atomic E-state index is -0.323. The molecular formula is C18H25NO5. The first-order valence-electron chi connectivity index (χ1n) is 8.46. The molecule has 3 atom stereocenters. The zero-order chi connectivity index (χ0) is 17.1. The highest BCUT2D eigenvalue weighted by Gasteiger charge is 2.41. The lowest BCUT2D eigenvalue weighted by atomic mass is 9.99. The first kappa shape index (κ1) is 17.0. The lowest BCUT2D eigenvalue weighted by molar-refractivity contribution is -0.00921. The number of hydrogen-bond donors (Lipinski definition) is 1. The van der Waals surface area contributed by atoms with E-state index in [1.54, 1.807) is 32.4 Å². The van der Waals surface area contributed by atoms with Crippen LogP contribution in [0.5, 0.6) is 11.5 Å². The summed E-state index contributed by atoms with van der Waals surface area (Å²) in [4.78, 5) is 14.8. The number of methoxy groups -OCH3 is 2. The van der Waals surface area contributed by atoms with Gasteiger partial charge in [0.05, 0.1) is 26.4 Å². The standard InChI is InChI=1S/C18H25NO5/c1-22-16-6-3-12(9-17(16)23-2)18(21)24-15-10-13-4-5-14(11-15)19(13)7-8-20/h3,6,9,13-15,20H,4-5,7-8,10-11H2,1-2H3/t13-,14+,15?. The summed E-state index contributed by atoms with van der Waals surface area (Å²) in [5.74, 6) is 0.783. The minimum Gasteiger partial charge on any atom is -0.493 e. The van der Waals surface area contributed by atoms with Gasteiger partial charge in [-0.05, 0) is 31.0 Å². The van der Waals surface area contributed by atoms with Crippen LogP contribution < -0.4 is 9.47 Å². The van der Waals surface area contributed by atoms with Crippen molar-refractivity contribution >= 4 is 5.97 Å². The Hall–Kier alpha value is -1.79. The summed E-state index contributed by atoms with van der Waals surface area (Å²) < 4.78 is 16.2. The SMILES string of the molecule is COc1ccc(C(=O)OC2C[C@H]3CC[C@@H](C2)N3CCO)cc1OC. The molecule has 1 aromatic carbocycles. The number of carbonyl (C=O) groups is 1. The van der Waals surface area contributed by atoms with E-state index in [1.807, 2.05) is 0 Å². The van der Waals surface area contributed by atoms with Gasteiger partial charge in [-0.25, -0.2) is 4.79 Å². The molecule has 1 N–H and O–H groups in total. The summed E-state index contributed by atoms with van der Waals surface area (Å²) >= 11 is 0. The van der Waals surface area contributed by atoms with E-state index in [9.17, 15) is 9.90 Å². The maximum absolute atomic E-state index is 12.4. The van der Waals surface area contributed by atoms with Gasteiger partial charge in [-0.3, -0.25) is 4.90 Å². The molecular weight excluding hydrogens is 310 g/mol. The van der Waals surface area contributed by atoms with Gasteiger partial charge in [0.1, 0.15) is 6.10 Å². The molecule has 2 aliphatic rings. The van der Waals surface area contributed by atoms with Crippen molar-refractivity contribution in [3.63, 3.8) is 0 Å². The maximum atomic E-state index is 12.4. The van der Waals surface area contributed by atoms with Crippen molar-refractivity contribution in [2.75, 3.05) is 27.4 Å². The number of benzene rings is 1. The summed E-state index contributed by atoms with van der Waals surface area (Å²) in [6, 6.07) is 5.89. The van der Waals surface area contributed by atoms with E-state index in [0.29, 0.717) is 35.7 Å². The van der Waals surface area contributed by atoms with Crippen LogP contribution in [0.1, 0.15) is 36.0 Å². The molecule has 0 amide bonds. The molecule has 2 heterocycles. The molecule has 6 heteroatoms. The van der Waals surface area contributed by atoms with Crippen molar-refractivity contribution in [3.05, 3.63) is 23.8 Å². The Labute approximate surface area is 142 Å². The number of ether oxygens (including phenoxy) is 3. The normalized spacial score (nSPS) is 26.2. The lowest BCUT2D eigenvalue weighted by Gasteiger charge is -2.38. The van der Waals surface area contributed by atoms with Crippen molar-refractivity contribution in [2.24, 2.45) is 0 Å². The first-order valence-corrected chi connectivity index (χ1v) is 8.46. The highest BCUT2D eigenvalue weighted by atomic mass is 16.5. The Balaban J connectivity index is 1.64. The Morgan fingerprint density at radius 2 is 1.83 bits per heavy atom. The average molecular weight is 335 g/mol. The lowest BCUT2D eigenvalue weighted by Crippen LogP contribution is -2.46. The Morgan fingerprint density at radius 1 is 1.17 bits per heavy atom. The highest BCUT2D eigenvalue weighted by Crippen LogP contribution is 2.37. The zero-order valence-electron chi connectivity index (χ0n) is 14.2. The number of rotatable bonds is 6. The van der Waals surface area contributed by atoms with Gasteiger partial charge in [-0.2, -0.15) is 0 Å². The minimum absolute atomic E-state index is 0.0574. The molecule has 3 rings (SSSR count). The van der Waals surface area contributed by atoms with Crippen LogP contribution in [0.25, 0.3) is 0 Å². The van der Waals surface area contributed by atoms with Crippen molar-refractivity contribution in [1.82, 2.24) is 4.90 Å². The van der Waals surface area contributed by atoms with Crippen molar-refractivity contribution in [3.8, 4) is 11.5 Å². The van der Waals surface area contributed by atoms with Crippen LogP contribution in [0.4, 0.5) is 0 Å². The predicted molar refractivity (Wildman–Crippen MR) is 88.6 cm³/mol. The van der Waals surface area contributed by atoms with Crippen LogP contribution in [0, 0.1) is 0 Å².